The zero-order valence-electron chi connectivity index (χ0n) is 11.1. The van der Waals surface area contributed by atoms with Crippen LogP contribution in [-0.4, -0.2) is 5.91 Å². The fraction of sp³-hybridized carbons (Fsp3) is 0.267. The molecule has 0 spiro atoms. The molecule has 0 unspecified atom stereocenters. The highest BCUT2D eigenvalue weighted by Gasteiger charge is 2.09. The molecule has 0 radical (unpaired) electrons. The Balaban J connectivity index is 2.01. The van der Waals surface area contributed by atoms with Gasteiger partial charge in [0, 0.05) is 19.2 Å². The maximum Gasteiger partial charge on any atom is 0.221 e. The third-order valence-corrected chi connectivity index (χ3v) is 2.90. The average Bonchev–Trinajstić information content (AvgIpc) is 2.90. The Morgan fingerprint density at radius 3 is 2.74 bits per heavy atom. The Morgan fingerprint density at radius 2 is 2.05 bits per heavy atom. The first-order chi connectivity index (χ1) is 9.16. The predicted octanol–water partition coefficient (Wildman–Crippen LogP) is 3.09. The van der Waals surface area contributed by atoms with E-state index < -0.39 is 0 Å². The maximum atomic E-state index is 11.1. The Bertz CT molecular complexity index is 535. The molecule has 1 atom stereocenters. The lowest BCUT2D eigenvalue weighted by Crippen LogP contribution is -2.19. The largest absolute Gasteiger partial charge is 0.468 e. The third kappa shape index (κ3) is 3.69. The molecular formula is C15H18N2O2. The lowest BCUT2D eigenvalue weighted by Gasteiger charge is -2.14. The third-order valence-electron chi connectivity index (χ3n) is 2.90. The number of para-hydroxylation sites is 1. The highest BCUT2D eigenvalue weighted by molar-refractivity contribution is 5.89. The second kappa shape index (κ2) is 6.20. The van der Waals surface area contributed by atoms with Crippen LogP contribution in [0.1, 0.15) is 31.2 Å². The zero-order valence-corrected chi connectivity index (χ0v) is 11.1. The van der Waals surface area contributed by atoms with E-state index in [1.54, 1.807) is 6.26 Å². The molecule has 2 N–H and O–H groups in total. The van der Waals surface area contributed by atoms with E-state index in [0.29, 0.717) is 6.54 Å². The highest BCUT2D eigenvalue weighted by atomic mass is 16.3. The molecule has 0 fully saturated rings. The standard InChI is InChI=1S/C15H18N2O2/c1-11(15-8-5-9-19-15)16-10-13-6-3-4-7-14(13)17-12(2)18/h3-9,11,16H,10H2,1-2H3,(H,17,18)/t11-/m1/s1. The number of benzene rings is 1. The number of anilines is 1. The van der Waals surface area contributed by atoms with Crippen molar-refractivity contribution >= 4 is 11.6 Å². The summed E-state index contributed by atoms with van der Waals surface area (Å²) < 4.78 is 5.35. The van der Waals surface area contributed by atoms with Crippen LogP contribution < -0.4 is 10.6 Å². The van der Waals surface area contributed by atoms with Crippen LogP contribution >= 0.6 is 0 Å². The summed E-state index contributed by atoms with van der Waals surface area (Å²) in [7, 11) is 0. The summed E-state index contributed by atoms with van der Waals surface area (Å²) in [5.74, 6) is 0.837. The summed E-state index contributed by atoms with van der Waals surface area (Å²) in [6, 6.07) is 11.7. The van der Waals surface area contributed by atoms with Crippen LogP contribution in [0.5, 0.6) is 0 Å². The van der Waals surface area contributed by atoms with Crippen molar-refractivity contribution in [1.82, 2.24) is 5.32 Å². The number of carbonyl (C=O) groups excluding carboxylic acids is 1. The van der Waals surface area contributed by atoms with Gasteiger partial charge in [-0.25, -0.2) is 0 Å². The normalized spacial score (nSPS) is 12.1. The Morgan fingerprint density at radius 1 is 1.26 bits per heavy atom. The minimum Gasteiger partial charge on any atom is -0.468 e. The summed E-state index contributed by atoms with van der Waals surface area (Å²) >= 11 is 0. The van der Waals surface area contributed by atoms with Gasteiger partial charge in [0.25, 0.3) is 0 Å². The SMILES string of the molecule is CC(=O)Nc1ccccc1CN[C@H](C)c1ccco1. The van der Waals surface area contributed by atoms with Gasteiger partial charge < -0.3 is 15.1 Å². The van der Waals surface area contributed by atoms with E-state index in [4.69, 9.17) is 4.42 Å². The fourth-order valence-electron chi connectivity index (χ4n) is 1.89. The molecule has 0 aliphatic carbocycles. The first kappa shape index (κ1) is 13.4. The van der Waals surface area contributed by atoms with E-state index in [2.05, 4.69) is 10.6 Å². The van der Waals surface area contributed by atoms with Crippen molar-refractivity contribution in [2.75, 3.05) is 5.32 Å². The van der Waals surface area contributed by atoms with E-state index in [1.165, 1.54) is 6.92 Å². The molecule has 19 heavy (non-hydrogen) atoms. The van der Waals surface area contributed by atoms with Gasteiger partial charge in [0.05, 0.1) is 12.3 Å². The van der Waals surface area contributed by atoms with Gasteiger partial charge in [-0.3, -0.25) is 4.79 Å². The Hall–Kier alpha value is -2.07. The number of amides is 1. The molecule has 0 bridgehead atoms. The lowest BCUT2D eigenvalue weighted by molar-refractivity contribution is -0.114. The lowest BCUT2D eigenvalue weighted by atomic mass is 10.1. The molecule has 0 aliphatic rings. The minimum absolute atomic E-state index is 0.0634. The van der Waals surface area contributed by atoms with Crippen molar-refractivity contribution in [2.24, 2.45) is 0 Å². The van der Waals surface area contributed by atoms with Crippen molar-refractivity contribution in [3.63, 3.8) is 0 Å². The van der Waals surface area contributed by atoms with E-state index >= 15 is 0 Å². The summed E-state index contributed by atoms with van der Waals surface area (Å²) in [6.07, 6.45) is 1.67. The quantitative estimate of drug-likeness (QED) is 0.866. The molecule has 0 saturated heterocycles. The van der Waals surface area contributed by atoms with Gasteiger partial charge in [-0.05, 0) is 30.7 Å². The summed E-state index contributed by atoms with van der Waals surface area (Å²) in [4.78, 5) is 11.1. The first-order valence-electron chi connectivity index (χ1n) is 6.29. The monoisotopic (exact) mass is 258 g/mol. The molecule has 0 saturated carbocycles. The van der Waals surface area contributed by atoms with Gasteiger partial charge >= 0.3 is 0 Å². The molecule has 1 amide bonds. The number of nitrogens with one attached hydrogen (secondary N) is 2. The second-order valence-electron chi connectivity index (χ2n) is 4.46. The van der Waals surface area contributed by atoms with E-state index in [9.17, 15) is 4.79 Å². The van der Waals surface area contributed by atoms with Crippen LogP contribution in [0, 0.1) is 0 Å². The molecule has 4 nitrogen and oxygen atoms in total. The smallest absolute Gasteiger partial charge is 0.221 e. The van der Waals surface area contributed by atoms with Gasteiger partial charge in [-0.1, -0.05) is 18.2 Å². The van der Waals surface area contributed by atoms with Crippen molar-refractivity contribution in [3.05, 3.63) is 54.0 Å². The summed E-state index contributed by atoms with van der Waals surface area (Å²) in [5.41, 5.74) is 1.89. The number of hydrogen-bond acceptors (Lipinski definition) is 3. The van der Waals surface area contributed by atoms with Crippen molar-refractivity contribution in [3.8, 4) is 0 Å². The van der Waals surface area contributed by atoms with Gasteiger partial charge in [0.15, 0.2) is 0 Å². The number of carbonyl (C=O) groups is 1. The van der Waals surface area contributed by atoms with E-state index in [1.807, 2.05) is 43.3 Å². The zero-order chi connectivity index (χ0) is 13.7. The number of furan rings is 1. The summed E-state index contributed by atoms with van der Waals surface area (Å²) in [5, 5.41) is 6.20. The van der Waals surface area contributed by atoms with Crippen LogP contribution in [0.4, 0.5) is 5.69 Å². The van der Waals surface area contributed by atoms with E-state index in [-0.39, 0.29) is 11.9 Å². The first-order valence-corrected chi connectivity index (χ1v) is 6.29. The molecular weight excluding hydrogens is 240 g/mol. The van der Waals surface area contributed by atoms with Crippen LogP contribution in [0.2, 0.25) is 0 Å². The van der Waals surface area contributed by atoms with Gasteiger partial charge in [-0.15, -0.1) is 0 Å². The predicted molar refractivity (Wildman–Crippen MR) is 74.7 cm³/mol. The number of rotatable bonds is 5. The molecule has 1 aromatic carbocycles. The van der Waals surface area contributed by atoms with Crippen LogP contribution in [-0.2, 0) is 11.3 Å². The van der Waals surface area contributed by atoms with Gasteiger partial charge in [0.2, 0.25) is 5.91 Å². The van der Waals surface area contributed by atoms with Crippen molar-refractivity contribution < 1.29 is 9.21 Å². The topological polar surface area (TPSA) is 54.3 Å². The molecule has 4 heteroatoms. The minimum atomic E-state index is -0.0634. The van der Waals surface area contributed by atoms with Crippen LogP contribution in [0.25, 0.3) is 0 Å². The molecule has 2 rings (SSSR count). The van der Waals surface area contributed by atoms with Crippen LogP contribution in [0.15, 0.2) is 47.1 Å². The molecule has 100 valence electrons. The highest BCUT2D eigenvalue weighted by Crippen LogP contribution is 2.17. The molecule has 1 heterocycles. The maximum absolute atomic E-state index is 11.1. The second-order valence-corrected chi connectivity index (χ2v) is 4.46. The van der Waals surface area contributed by atoms with Gasteiger partial charge in [-0.2, -0.15) is 0 Å². The molecule has 0 aliphatic heterocycles. The van der Waals surface area contributed by atoms with E-state index in [0.717, 1.165) is 17.0 Å². The van der Waals surface area contributed by atoms with Crippen LogP contribution in [0.3, 0.4) is 0 Å². The summed E-state index contributed by atoms with van der Waals surface area (Å²) in [6.45, 7) is 4.22. The average molecular weight is 258 g/mol. The molecule has 2 aromatic rings. The molecule has 1 aromatic heterocycles. The Labute approximate surface area is 112 Å². The number of hydrogen-bond donors (Lipinski definition) is 2. The van der Waals surface area contributed by atoms with Gasteiger partial charge in [0.1, 0.15) is 5.76 Å². The van der Waals surface area contributed by atoms with Crippen molar-refractivity contribution in [1.29, 1.82) is 0 Å². The van der Waals surface area contributed by atoms with Crippen molar-refractivity contribution in [2.45, 2.75) is 26.4 Å². The fourth-order valence-corrected chi connectivity index (χ4v) is 1.89. The Kier molecular flexibility index (Phi) is 4.36.